The molecule has 2 heteroatoms. The molecule has 0 heterocycles. The summed E-state index contributed by atoms with van der Waals surface area (Å²) < 4.78 is 0. The molecule has 20 heavy (non-hydrogen) atoms. The fourth-order valence-electron chi connectivity index (χ4n) is 3.43. The molecule has 0 unspecified atom stereocenters. The van der Waals surface area contributed by atoms with Gasteiger partial charge in [0.1, 0.15) is 0 Å². The molecular weight excluding hydrogens is 244 g/mol. The second-order valence-corrected chi connectivity index (χ2v) is 6.67. The quantitative estimate of drug-likeness (QED) is 0.843. The third kappa shape index (κ3) is 3.76. The molecule has 0 amide bonds. The topological polar surface area (TPSA) is 15.3 Å². The van der Waals surface area contributed by atoms with Crippen LogP contribution in [0.3, 0.4) is 0 Å². The number of benzene rings is 1. The Balaban J connectivity index is 1.61. The molecule has 2 aliphatic rings. The number of hydrogen-bond acceptors (Lipinski definition) is 2. The number of para-hydroxylation sites is 1. The fourth-order valence-corrected chi connectivity index (χ4v) is 3.43. The lowest BCUT2D eigenvalue weighted by atomic mass is 9.89. The lowest BCUT2D eigenvalue weighted by molar-refractivity contribution is 0.362. The van der Waals surface area contributed by atoms with Crippen LogP contribution in [0.25, 0.3) is 0 Å². The van der Waals surface area contributed by atoms with E-state index in [2.05, 4.69) is 41.5 Å². The third-order valence-corrected chi connectivity index (χ3v) is 4.82. The van der Waals surface area contributed by atoms with Crippen LogP contribution in [-0.4, -0.2) is 19.6 Å². The van der Waals surface area contributed by atoms with Gasteiger partial charge in [0.2, 0.25) is 0 Å². The van der Waals surface area contributed by atoms with Crippen LogP contribution in [0.15, 0.2) is 24.3 Å². The Morgan fingerprint density at radius 1 is 1.05 bits per heavy atom. The highest BCUT2D eigenvalue weighted by molar-refractivity contribution is 5.53. The van der Waals surface area contributed by atoms with Gasteiger partial charge >= 0.3 is 0 Å². The summed E-state index contributed by atoms with van der Waals surface area (Å²) in [4.78, 5) is 2.49. The van der Waals surface area contributed by atoms with Crippen LogP contribution < -0.4 is 10.2 Å². The standard InChI is InChI=1S/C18H28N2/c1-20(14-15-7-3-2-4-8-15)18-10-6-5-9-16(18)13-19-17-11-12-17/h5-6,9-10,15,17,19H,2-4,7-8,11-14H2,1H3. The zero-order chi connectivity index (χ0) is 13.8. The number of hydrogen-bond donors (Lipinski definition) is 1. The Morgan fingerprint density at radius 2 is 1.80 bits per heavy atom. The Morgan fingerprint density at radius 3 is 2.55 bits per heavy atom. The molecule has 0 radical (unpaired) electrons. The minimum Gasteiger partial charge on any atom is -0.374 e. The minimum atomic E-state index is 0.784. The van der Waals surface area contributed by atoms with Gasteiger partial charge in [0, 0.05) is 31.9 Å². The Labute approximate surface area is 123 Å². The van der Waals surface area contributed by atoms with Gasteiger partial charge < -0.3 is 10.2 Å². The number of nitrogens with zero attached hydrogens (tertiary/aromatic N) is 1. The molecule has 0 aromatic heterocycles. The van der Waals surface area contributed by atoms with Crippen molar-refractivity contribution in [2.24, 2.45) is 5.92 Å². The van der Waals surface area contributed by atoms with E-state index in [0.29, 0.717) is 0 Å². The maximum atomic E-state index is 3.65. The SMILES string of the molecule is CN(CC1CCCCC1)c1ccccc1CNC1CC1. The Kier molecular flexibility index (Phi) is 4.62. The number of anilines is 1. The minimum absolute atomic E-state index is 0.784. The lowest BCUT2D eigenvalue weighted by Gasteiger charge is -2.29. The van der Waals surface area contributed by atoms with E-state index in [9.17, 15) is 0 Å². The zero-order valence-corrected chi connectivity index (χ0v) is 12.8. The van der Waals surface area contributed by atoms with E-state index in [-0.39, 0.29) is 0 Å². The van der Waals surface area contributed by atoms with Gasteiger partial charge in [0.05, 0.1) is 0 Å². The van der Waals surface area contributed by atoms with Crippen molar-refractivity contribution >= 4 is 5.69 Å². The molecule has 2 fully saturated rings. The summed E-state index contributed by atoms with van der Waals surface area (Å²) in [5.74, 6) is 0.901. The second-order valence-electron chi connectivity index (χ2n) is 6.67. The van der Waals surface area contributed by atoms with Crippen LogP contribution in [0.5, 0.6) is 0 Å². The first-order chi connectivity index (χ1) is 9.83. The maximum absolute atomic E-state index is 3.65. The van der Waals surface area contributed by atoms with Crippen molar-refractivity contribution in [3.05, 3.63) is 29.8 Å². The molecule has 110 valence electrons. The summed E-state index contributed by atoms with van der Waals surface area (Å²) in [7, 11) is 2.27. The van der Waals surface area contributed by atoms with E-state index < -0.39 is 0 Å². The molecular formula is C18H28N2. The molecule has 2 aliphatic carbocycles. The van der Waals surface area contributed by atoms with Gasteiger partial charge in [-0.25, -0.2) is 0 Å². The lowest BCUT2D eigenvalue weighted by Crippen LogP contribution is -2.28. The second kappa shape index (κ2) is 6.62. The van der Waals surface area contributed by atoms with Gasteiger partial charge in [-0.3, -0.25) is 0 Å². The summed E-state index contributed by atoms with van der Waals surface area (Å²) in [6.07, 6.45) is 9.88. The molecule has 2 nitrogen and oxygen atoms in total. The van der Waals surface area contributed by atoms with E-state index in [1.54, 1.807) is 0 Å². The molecule has 1 N–H and O–H groups in total. The fraction of sp³-hybridized carbons (Fsp3) is 0.667. The monoisotopic (exact) mass is 272 g/mol. The average molecular weight is 272 g/mol. The van der Waals surface area contributed by atoms with Crippen LogP contribution in [0, 0.1) is 5.92 Å². The summed E-state index contributed by atoms with van der Waals surface area (Å²) in [5.41, 5.74) is 2.88. The predicted molar refractivity (Wildman–Crippen MR) is 86.1 cm³/mol. The zero-order valence-electron chi connectivity index (χ0n) is 12.8. The maximum Gasteiger partial charge on any atom is 0.0409 e. The molecule has 0 atom stereocenters. The van der Waals surface area contributed by atoms with E-state index >= 15 is 0 Å². The highest BCUT2D eigenvalue weighted by Crippen LogP contribution is 2.28. The van der Waals surface area contributed by atoms with Gasteiger partial charge in [-0.2, -0.15) is 0 Å². The molecule has 1 aromatic carbocycles. The van der Waals surface area contributed by atoms with Crippen molar-refractivity contribution < 1.29 is 0 Å². The van der Waals surface area contributed by atoms with Crippen molar-refractivity contribution in [1.29, 1.82) is 0 Å². The third-order valence-electron chi connectivity index (χ3n) is 4.82. The highest BCUT2D eigenvalue weighted by Gasteiger charge is 2.21. The first kappa shape index (κ1) is 13.9. The molecule has 0 saturated heterocycles. The highest BCUT2D eigenvalue weighted by atomic mass is 15.1. The van der Waals surface area contributed by atoms with Crippen molar-refractivity contribution in [2.45, 2.75) is 57.5 Å². The van der Waals surface area contributed by atoms with E-state index in [1.165, 1.54) is 62.7 Å². The van der Waals surface area contributed by atoms with Crippen LogP contribution in [-0.2, 0) is 6.54 Å². The van der Waals surface area contributed by atoms with Crippen LogP contribution in [0.2, 0.25) is 0 Å². The van der Waals surface area contributed by atoms with Crippen molar-refractivity contribution in [3.63, 3.8) is 0 Å². The number of nitrogens with one attached hydrogen (secondary N) is 1. The molecule has 0 spiro atoms. The van der Waals surface area contributed by atoms with Crippen molar-refractivity contribution in [1.82, 2.24) is 5.32 Å². The van der Waals surface area contributed by atoms with E-state index in [4.69, 9.17) is 0 Å². The smallest absolute Gasteiger partial charge is 0.0409 e. The van der Waals surface area contributed by atoms with Crippen LogP contribution >= 0.6 is 0 Å². The van der Waals surface area contributed by atoms with Crippen LogP contribution in [0.1, 0.15) is 50.5 Å². The number of rotatable bonds is 6. The normalized spacial score (nSPS) is 20.1. The summed E-state index contributed by atoms with van der Waals surface area (Å²) >= 11 is 0. The summed E-state index contributed by atoms with van der Waals surface area (Å²) in [5, 5.41) is 3.65. The first-order valence-corrected chi connectivity index (χ1v) is 8.35. The largest absolute Gasteiger partial charge is 0.374 e. The van der Waals surface area contributed by atoms with Gasteiger partial charge in [-0.05, 0) is 43.2 Å². The summed E-state index contributed by atoms with van der Waals surface area (Å²) in [6.45, 7) is 2.25. The molecule has 3 rings (SSSR count). The summed E-state index contributed by atoms with van der Waals surface area (Å²) in [6, 6.07) is 9.69. The molecule has 0 bridgehead atoms. The Hall–Kier alpha value is -1.02. The van der Waals surface area contributed by atoms with Gasteiger partial charge in [-0.1, -0.05) is 37.5 Å². The first-order valence-electron chi connectivity index (χ1n) is 8.35. The van der Waals surface area contributed by atoms with Crippen molar-refractivity contribution in [2.75, 3.05) is 18.5 Å². The van der Waals surface area contributed by atoms with Crippen molar-refractivity contribution in [3.8, 4) is 0 Å². The van der Waals surface area contributed by atoms with Gasteiger partial charge in [0.25, 0.3) is 0 Å². The van der Waals surface area contributed by atoms with Gasteiger partial charge in [-0.15, -0.1) is 0 Å². The molecule has 2 saturated carbocycles. The van der Waals surface area contributed by atoms with E-state index in [1.807, 2.05) is 0 Å². The average Bonchev–Trinajstić information content (AvgIpc) is 3.31. The van der Waals surface area contributed by atoms with Crippen LogP contribution in [0.4, 0.5) is 5.69 Å². The Bertz CT molecular complexity index is 419. The van der Waals surface area contributed by atoms with E-state index in [0.717, 1.165) is 18.5 Å². The van der Waals surface area contributed by atoms with Gasteiger partial charge in [0.15, 0.2) is 0 Å². The predicted octanol–water partition coefficient (Wildman–Crippen LogP) is 3.96. The molecule has 1 aromatic rings. The molecule has 0 aliphatic heterocycles.